The van der Waals surface area contributed by atoms with Crippen molar-refractivity contribution in [1.82, 2.24) is 14.0 Å². The quantitative estimate of drug-likeness (QED) is 0.677. The predicted octanol–water partition coefficient (Wildman–Crippen LogP) is 1.23. The maximum Gasteiger partial charge on any atom is 0.332 e. The third kappa shape index (κ3) is 3.23. The van der Waals surface area contributed by atoms with Gasteiger partial charge in [-0.1, -0.05) is 13.8 Å². The summed E-state index contributed by atoms with van der Waals surface area (Å²) in [6, 6.07) is 0. The normalized spacial score (nSPS) is 13.5. The molecule has 0 saturated carbocycles. The van der Waals surface area contributed by atoms with Crippen LogP contribution in [-0.4, -0.2) is 46.7 Å². The number of aromatic nitrogens is 2. The largest absolute Gasteiger partial charge is 0.468 e. The first kappa shape index (κ1) is 18.8. The van der Waals surface area contributed by atoms with Gasteiger partial charge in [0.05, 0.1) is 12.5 Å². The molecule has 8 heteroatoms. The number of fused-ring (bicyclic) bond motifs is 3. The fourth-order valence-corrected chi connectivity index (χ4v) is 4.97. The number of hydrogen-bond donors (Lipinski definition) is 0. The minimum atomic E-state index is -0.592. The Hall–Kier alpha value is -1.93. The molecule has 0 aromatic carbocycles. The molecule has 0 aliphatic heterocycles. The lowest BCUT2D eigenvalue weighted by Gasteiger charge is -2.19. The number of hydrogen-bond acceptors (Lipinski definition) is 6. The van der Waals surface area contributed by atoms with Crippen LogP contribution in [0, 0.1) is 0 Å². The van der Waals surface area contributed by atoms with Crippen molar-refractivity contribution in [3.05, 3.63) is 31.3 Å². The van der Waals surface area contributed by atoms with Crippen LogP contribution in [0.25, 0.3) is 10.2 Å². The van der Waals surface area contributed by atoms with Gasteiger partial charge in [0, 0.05) is 18.0 Å². The summed E-state index contributed by atoms with van der Waals surface area (Å²) in [6.07, 6.45) is 2.85. The number of esters is 1. The molecule has 0 bridgehead atoms. The van der Waals surface area contributed by atoms with Gasteiger partial charge in [0.25, 0.3) is 5.56 Å². The third-order valence-electron chi connectivity index (χ3n) is 5.12. The Kier molecular flexibility index (Phi) is 5.62. The van der Waals surface area contributed by atoms with Crippen LogP contribution in [0.15, 0.2) is 9.59 Å². The summed E-state index contributed by atoms with van der Waals surface area (Å²) in [4.78, 5) is 41.8. The molecule has 0 atom stereocenters. The lowest BCUT2D eigenvalue weighted by molar-refractivity contribution is -0.141. The molecule has 0 spiro atoms. The lowest BCUT2D eigenvalue weighted by Crippen LogP contribution is -2.43. The molecule has 0 fully saturated rings. The molecule has 2 heterocycles. The Morgan fingerprint density at radius 1 is 1.19 bits per heavy atom. The van der Waals surface area contributed by atoms with E-state index in [0.29, 0.717) is 11.9 Å². The molecule has 0 amide bonds. The van der Waals surface area contributed by atoms with Crippen LogP contribution in [0.5, 0.6) is 0 Å². The van der Waals surface area contributed by atoms with Crippen LogP contribution in [0.2, 0.25) is 0 Å². The Labute approximate surface area is 155 Å². The first-order valence-corrected chi connectivity index (χ1v) is 9.90. The molecule has 1 aliphatic rings. The van der Waals surface area contributed by atoms with Crippen LogP contribution in [0.1, 0.15) is 30.7 Å². The zero-order chi connectivity index (χ0) is 18.8. The van der Waals surface area contributed by atoms with E-state index >= 15 is 0 Å². The summed E-state index contributed by atoms with van der Waals surface area (Å²) in [5.41, 5.74) is 0.263. The van der Waals surface area contributed by atoms with Gasteiger partial charge in [-0.3, -0.25) is 14.2 Å². The van der Waals surface area contributed by atoms with Crippen molar-refractivity contribution in [2.24, 2.45) is 0 Å². The van der Waals surface area contributed by atoms with Crippen molar-refractivity contribution in [1.29, 1.82) is 0 Å². The number of aryl methyl sites for hydroxylation is 2. The van der Waals surface area contributed by atoms with Gasteiger partial charge in [-0.15, -0.1) is 11.3 Å². The fourth-order valence-electron chi connectivity index (χ4n) is 3.57. The van der Waals surface area contributed by atoms with E-state index in [1.807, 2.05) is 0 Å². The number of carbonyl (C=O) groups is 1. The van der Waals surface area contributed by atoms with Gasteiger partial charge in [-0.05, 0) is 37.9 Å². The molecule has 2 aromatic heterocycles. The number of methoxy groups -OCH3 is 1. The van der Waals surface area contributed by atoms with Crippen molar-refractivity contribution >= 4 is 27.5 Å². The number of carbonyl (C=O) groups excluding carboxylic acids is 1. The van der Waals surface area contributed by atoms with Crippen LogP contribution < -0.4 is 11.2 Å². The summed E-state index contributed by atoms with van der Waals surface area (Å²) in [7, 11) is 1.26. The molecule has 0 radical (unpaired) electrons. The zero-order valence-corrected chi connectivity index (χ0v) is 16.4. The molecule has 26 heavy (non-hydrogen) atoms. The standard InChI is InChI=1S/C18H25N3O4S/c1-4-19(5-2)9-10-20-17-15(12-7-6-8-13(12)26-17)16(23)21(18(20)24)11-14(22)25-3/h4-11H2,1-3H3. The van der Waals surface area contributed by atoms with Crippen molar-refractivity contribution < 1.29 is 9.53 Å². The minimum absolute atomic E-state index is 0.347. The highest BCUT2D eigenvalue weighted by molar-refractivity contribution is 7.18. The molecule has 1 aliphatic carbocycles. The van der Waals surface area contributed by atoms with E-state index in [1.54, 1.807) is 15.9 Å². The highest BCUT2D eigenvalue weighted by atomic mass is 32.1. The van der Waals surface area contributed by atoms with Gasteiger partial charge in [-0.25, -0.2) is 9.36 Å². The SMILES string of the molecule is CCN(CC)CCn1c(=O)n(CC(=O)OC)c(=O)c2c3c(sc21)CCC3. The maximum absolute atomic E-state index is 13.0. The minimum Gasteiger partial charge on any atom is -0.468 e. The topological polar surface area (TPSA) is 73.5 Å². The maximum atomic E-state index is 13.0. The second-order valence-corrected chi connectivity index (χ2v) is 7.55. The molecule has 2 aromatic rings. The van der Waals surface area contributed by atoms with Crippen LogP contribution in [-0.2, 0) is 35.5 Å². The van der Waals surface area contributed by atoms with Gasteiger partial charge in [0.1, 0.15) is 11.4 Å². The first-order chi connectivity index (χ1) is 12.5. The monoisotopic (exact) mass is 379 g/mol. The van der Waals surface area contributed by atoms with E-state index < -0.39 is 11.7 Å². The molecule has 0 saturated heterocycles. The van der Waals surface area contributed by atoms with Gasteiger partial charge in [-0.2, -0.15) is 0 Å². The van der Waals surface area contributed by atoms with Gasteiger partial charge < -0.3 is 9.64 Å². The summed E-state index contributed by atoms with van der Waals surface area (Å²) < 4.78 is 7.37. The summed E-state index contributed by atoms with van der Waals surface area (Å²) in [5.74, 6) is -0.592. The lowest BCUT2D eigenvalue weighted by atomic mass is 10.2. The van der Waals surface area contributed by atoms with Crippen LogP contribution in [0.4, 0.5) is 0 Å². The number of thiophene rings is 1. The van der Waals surface area contributed by atoms with Crippen molar-refractivity contribution in [2.75, 3.05) is 26.7 Å². The van der Waals surface area contributed by atoms with Crippen molar-refractivity contribution in [3.63, 3.8) is 0 Å². The smallest absolute Gasteiger partial charge is 0.332 e. The van der Waals surface area contributed by atoms with E-state index in [9.17, 15) is 14.4 Å². The van der Waals surface area contributed by atoms with E-state index in [2.05, 4.69) is 23.5 Å². The molecule has 3 rings (SSSR count). The average Bonchev–Trinajstić information content (AvgIpc) is 3.22. The Bertz CT molecular complexity index is 937. The van der Waals surface area contributed by atoms with Crippen LogP contribution >= 0.6 is 11.3 Å². The molecular weight excluding hydrogens is 354 g/mol. The van der Waals surface area contributed by atoms with Gasteiger partial charge in [0.15, 0.2) is 0 Å². The predicted molar refractivity (Wildman–Crippen MR) is 102 cm³/mol. The molecule has 0 unspecified atom stereocenters. The third-order valence-corrected chi connectivity index (χ3v) is 6.43. The number of rotatable bonds is 7. The number of nitrogens with zero attached hydrogens (tertiary/aromatic N) is 3. The summed E-state index contributed by atoms with van der Waals surface area (Å²) >= 11 is 1.56. The molecular formula is C18H25N3O4S. The number of likely N-dealkylation sites (N-methyl/N-ethyl adjacent to an activating group) is 1. The summed E-state index contributed by atoms with van der Waals surface area (Å²) in [6.45, 7) is 6.84. The van der Waals surface area contributed by atoms with E-state index in [0.717, 1.165) is 53.9 Å². The number of ether oxygens (including phenoxy) is 1. The van der Waals surface area contributed by atoms with E-state index in [-0.39, 0.29) is 12.1 Å². The van der Waals surface area contributed by atoms with Crippen molar-refractivity contribution in [2.45, 2.75) is 46.2 Å². The second-order valence-electron chi connectivity index (χ2n) is 6.47. The zero-order valence-electron chi connectivity index (χ0n) is 15.5. The first-order valence-electron chi connectivity index (χ1n) is 9.08. The van der Waals surface area contributed by atoms with Gasteiger partial charge in [0.2, 0.25) is 0 Å². The van der Waals surface area contributed by atoms with E-state index in [4.69, 9.17) is 0 Å². The Balaban J connectivity index is 2.16. The molecule has 0 N–H and O–H groups in total. The van der Waals surface area contributed by atoms with Crippen LogP contribution in [0.3, 0.4) is 0 Å². The highest BCUT2D eigenvalue weighted by Crippen LogP contribution is 2.35. The average molecular weight is 379 g/mol. The summed E-state index contributed by atoms with van der Waals surface area (Å²) in [5, 5.41) is 0.616. The second kappa shape index (κ2) is 7.75. The molecule has 142 valence electrons. The molecule has 7 nitrogen and oxygen atoms in total. The highest BCUT2D eigenvalue weighted by Gasteiger charge is 2.25. The van der Waals surface area contributed by atoms with E-state index in [1.165, 1.54) is 12.0 Å². The fraction of sp³-hybridized carbons (Fsp3) is 0.611. The Morgan fingerprint density at radius 2 is 1.92 bits per heavy atom. The van der Waals surface area contributed by atoms with Gasteiger partial charge >= 0.3 is 11.7 Å². The Morgan fingerprint density at radius 3 is 2.58 bits per heavy atom. The van der Waals surface area contributed by atoms with Crippen molar-refractivity contribution in [3.8, 4) is 0 Å².